The Kier molecular flexibility index (Phi) is 13.4. The Bertz CT molecular complexity index is 1900. The minimum absolute atomic E-state index is 0.0807. The number of nitrogens with zero attached hydrogens (tertiary/aromatic N) is 1. The zero-order valence-electron chi connectivity index (χ0n) is 33.4. The van der Waals surface area contributed by atoms with Gasteiger partial charge in [-0.25, -0.2) is 4.79 Å². The fourth-order valence-corrected chi connectivity index (χ4v) is 7.65. The first-order valence-electron chi connectivity index (χ1n) is 20.0. The van der Waals surface area contributed by atoms with E-state index in [0.717, 1.165) is 11.1 Å². The van der Waals surface area contributed by atoms with E-state index >= 15 is 0 Å². The van der Waals surface area contributed by atoms with E-state index in [0.29, 0.717) is 87.5 Å². The highest BCUT2D eigenvalue weighted by atomic mass is 16.6. The normalized spacial score (nSPS) is 19.4. The molecule has 0 heterocycles. The average Bonchev–Trinajstić information content (AvgIpc) is 3.19. The van der Waals surface area contributed by atoms with E-state index in [9.17, 15) is 24.6 Å². The van der Waals surface area contributed by atoms with Gasteiger partial charge < -0.3 is 51.4 Å². The van der Waals surface area contributed by atoms with Gasteiger partial charge in [0.1, 0.15) is 40.1 Å². The molecular weight excluding hydrogens is 739 g/mol. The van der Waals surface area contributed by atoms with E-state index in [2.05, 4.69) is 10.6 Å². The van der Waals surface area contributed by atoms with Crippen molar-refractivity contribution in [3.8, 4) is 34.5 Å². The van der Waals surface area contributed by atoms with Crippen LogP contribution in [0.3, 0.4) is 0 Å². The monoisotopic (exact) mass is 793 g/mol. The lowest BCUT2D eigenvalue weighted by Gasteiger charge is -2.44. The molecule has 0 bridgehead atoms. The molecule has 4 aromatic carbocycles. The number of nitrogens with two attached hydrogens (primary N) is 2. The smallest absolute Gasteiger partial charge is 0.410 e. The molecular formula is C45H55N5O8. The number of ether oxygens (including phenoxy) is 3. The maximum Gasteiger partial charge on any atom is 0.410 e. The van der Waals surface area contributed by atoms with Crippen LogP contribution in [0, 0.1) is 0 Å². The highest BCUT2D eigenvalue weighted by Crippen LogP contribution is 2.34. The number of phenols is 2. The van der Waals surface area contributed by atoms with Gasteiger partial charge in [0.2, 0.25) is 0 Å². The number of hydrogen-bond acceptors (Lipinski definition) is 10. The molecule has 0 aromatic heterocycles. The molecule has 58 heavy (non-hydrogen) atoms. The van der Waals surface area contributed by atoms with Crippen LogP contribution in [0.15, 0.2) is 84.9 Å². The summed E-state index contributed by atoms with van der Waals surface area (Å²) in [5.41, 5.74) is 13.2. The van der Waals surface area contributed by atoms with Crippen LogP contribution < -0.4 is 31.6 Å². The highest BCUT2D eigenvalue weighted by molar-refractivity contribution is 5.96. The first-order valence-corrected chi connectivity index (χ1v) is 20.0. The number of aromatic hydroxyl groups is 2. The summed E-state index contributed by atoms with van der Waals surface area (Å²) in [6, 6.07) is 23.1. The van der Waals surface area contributed by atoms with Crippen molar-refractivity contribution in [3.63, 3.8) is 0 Å². The SMILES string of the molecule is CC(C)(C)OC(=O)N(C1CCC(NC(=O)c2cc(O)cc(Oc3ccc(CN)cc3)c2)CC1)C1CCC(NC(=O)c2cc(O)cc(Oc3ccc(CN)cc3)c2)CC1. The minimum atomic E-state index is -0.679. The van der Waals surface area contributed by atoms with Crippen LogP contribution >= 0.6 is 0 Å². The summed E-state index contributed by atoms with van der Waals surface area (Å²) in [7, 11) is 0. The quantitative estimate of drug-likeness (QED) is 0.0830. The third kappa shape index (κ3) is 11.4. The van der Waals surface area contributed by atoms with Crippen LogP contribution in [0.25, 0.3) is 0 Å². The van der Waals surface area contributed by atoms with E-state index in [1.54, 1.807) is 36.4 Å². The van der Waals surface area contributed by atoms with Gasteiger partial charge in [0.05, 0.1) is 0 Å². The summed E-state index contributed by atoms with van der Waals surface area (Å²) >= 11 is 0. The molecule has 0 spiro atoms. The summed E-state index contributed by atoms with van der Waals surface area (Å²) in [5, 5.41) is 27.0. The third-order valence-corrected chi connectivity index (χ3v) is 10.6. The Morgan fingerprint density at radius 3 is 1.33 bits per heavy atom. The molecule has 13 heteroatoms. The summed E-state index contributed by atoms with van der Waals surface area (Å²) in [6.45, 7) is 6.38. The van der Waals surface area contributed by atoms with Crippen LogP contribution in [0.5, 0.6) is 34.5 Å². The first-order chi connectivity index (χ1) is 27.7. The van der Waals surface area contributed by atoms with Gasteiger partial charge >= 0.3 is 6.09 Å². The summed E-state index contributed by atoms with van der Waals surface area (Å²) in [4.78, 5) is 42.4. The number of carbonyl (C=O) groups is 3. The number of amides is 3. The van der Waals surface area contributed by atoms with E-state index in [1.807, 2.05) is 49.9 Å². The van der Waals surface area contributed by atoms with Gasteiger partial charge in [-0.2, -0.15) is 0 Å². The number of phenolic OH excluding ortho intramolecular Hbond substituents is 2. The molecule has 13 nitrogen and oxygen atoms in total. The molecule has 0 atom stereocenters. The predicted octanol–water partition coefficient (Wildman–Crippen LogP) is 7.62. The Morgan fingerprint density at radius 2 is 0.983 bits per heavy atom. The van der Waals surface area contributed by atoms with Crippen LogP contribution in [0.2, 0.25) is 0 Å². The minimum Gasteiger partial charge on any atom is -0.508 e. The van der Waals surface area contributed by atoms with Crippen LogP contribution in [0.1, 0.15) is 104 Å². The second-order valence-corrected chi connectivity index (χ2v) is 16.2. The second kappa shape index (κ2) is 18.6. The van der Waals surface area contributed by atoms with Gasteiger partial charge in [0.15, 0.2) is 0 Å². The van der Waals surface area contributed by atoms with Crippen molar-refractivity contribution in [2.45, 2.75) is 115 Å². The Labute approximate surface area is 339 Å². The van der Waals surface area contributed by atoms with Crippen molar-refractivity contribution in [1.82, 2.24) is 15.5 Å². The molecule has 4 aromatic rings. The maximum absolute atomic E-state index is 13.8. The van der Waals surface area contributed by atoms with E-state index in [4.69, 9.17) is 25.7 Å². The number of nitrogens with one attached hydrogen (secondary N) is 2. The number of carbonyl (C=O) groups excluding carboxylic acids is 3. The van der Waals surface area contributed by atoms with E-state index in [-0.39, 0.29) is 64.7 Å². The van der Waals surface area contributed by atoms with Crippen LogP contribution in [-0.4, -0.2) is 62.8 Å². The first kappa shape index (κ1) is 41.8. The van der Waals surface area contributed by atoms with Crippen molar-refractivity contribution < 1.29 is 38.8 Å². The predicted molar refractivity (Wildman–Crippen MR) is 220 cm³/mol. The molecule has 8 N–H and O–H groups in total. The zero-order valence-corrected chi connectivity index (χ0v) is 33.4. The fraction of sp³-hybridized carbons (Fsp3) is 0.400. The zero-order chi connectivity index (χ0) is 41.4. The van der Waals surface area contributed by atoms with Crippen molar-refractivity contribution in [1.29, 1.82) is 0 Å². The third-order valence-electron chi connectivity index (χ3n) is 10.6. The van der Waals surface area contributed by atoms with Crippen molar-refractivity contribution in [2.24, 2.45) is 11.5 Å². The standard InChI is InChI=1S/C45H55N5O8/c1-45(2,3)58-44(55)50(34-12-8-32(9-13-34)48-42(53)30-20-36(51)24-40(22-30)56-38-16-4-28(26-46)5-17-38)35-14-10-33(11-15-35)49-43(54)31-21-37(52)25-41(23-31)57-39-18-6-29(27-47)7-19-39/h4-7,16-25,32-35,51-52H,8-15,26-27,46-47H2,1-3H3,(H,48,53)(H,49,54). The van der Waals surface area contributed by atoms with E-state index < -0.39 is 5.60 Å². The van der Waals surface area contributed by atoms with Crippen LogP contribution in [-0.2, 0) is 17.8 Å². The van der Waals surface area contributed by atoms with Gasteiger partial charge in [0, 0.05) is 60.5 Å². The number of hydrogen-bond donors (Lipinski definition) is 6. The largest absolute Gasteiger partial charge is 0.508 e. The fourth-order valence-electron chi connectivity index (χ4n) is 7.65. The Morgan fingerprint density at radius 1 is 0.603 bits per heavy atom. The lowest BCUT2D eigenvalue weighted by Crippen LogP contribution is -2.53. The molecule has 2 aliphatic carbocycles. The highest BCUT2D eigenvalue weighted by Gasteiger charge is 2.38. The maximum atomic E-state index is 13.8. The number of benzene rings is 4. The molecule has 3 amide bonds. The molecule has 0 radical (unpaired) electrons. The van der Waals surface area contributed by atoms with Gasteiger partial charge in [-0.1, -0.05) is 24.3 Å². The summed E-state index contributed by atoms with van der Waals surface area (Å²) < 4.78 is 17.7. The molecule has 2 saturated carbocycles. The molecule has 0 unspecified atom stereocenters. The van der Waals surface area contributed by atoms with Crippen molar-refractivity contribution >= 4 is 17.9 Å². The molecule has 6 rings (SSSR count). The van der Waals surface area contributed by atoms with Gasteiger partial charge in [0.25, 0.3) is 11.8 Å². The van der Waals surface area contributed by atoms with Crippen LogP contribution in [0.4, 0.5) is 4.79 Å². The van der Waals surface area contributed by atoms with Gasteiger partial charge in [-0.3, -0.25) is 9.59 Å². The van der Waals surface area contributed by atoms with Crippen molar-refractivity contribution in [3.05, 3.63) is 107 Å². The van der Waals surface area contributed by atoms with Gasteiger partial charge in [-0.15, -0.1) is 0 Å². The van der Waals surface area contributed by atoms with E-state index in [1.165, 1.54) is 24.3 Å². The van der Waals surface area contributed by atoms with Gasteiger partial charge in [-0.05, 0) is 132 Å². The molecule has 2 aliphatic rings. The molecule has 0 saturated heterocycles. The Balaban J connectivity index is 1.04. The summed E-state index contributed by atoms with van der Waals surface area (Å²) in [5.74, 6) is 0.965. The number of rotatable bonds is 12. The summed E-state index contributed by atoms with van der Waals surface area (Å²) in [6.07, 6.45) is 4.97. The molecule has 308 valence electrons. The topological polar surface area (TPSA) is 199 Å². The Hall–Kier alpha value is -5.79. The molecule has 0 aliphatic heterocycles. The molecule has 2 fully saturated rings. The van der Waals surface area contributed by atoms with Crippen molar-refractivity contribution in [2.75, 3.05) is 0 Å². The average molecular weight is 794 g/mol. The lowest BCUT2D eigenvalue weighted by molar-refractivity contribution is -0.00735. The second-order valence-electron chi connectivity index (χ2n) is 16.2. The lowest BCUT2D eigenvalue weighted by atomic mass is 9.85.